The lowest BCUT2D eigenvalue weighted by molar-refractivity contribution is 1.32. The van der Waals surface area contributed by atoms with Crippen LogP contribution in [0.1, 0.15) is 0 Å². The first-order valence-corrected chi connectivity index (χ1v) is 4.14. The quantitative estimate of drug-likeness (QED) is 0.647. The molecule has 0 aliphatic carbocycles. The molecule has 1 aromatic carbocycles. The van der Waals surface area contributed by atoms with E-state index in [2.05, 4.69) is 10.3 Å². The van der Waals surface area contributed by atoms with Crippen LogP contribution in [0.3, 0.4) is 0 Å². The van der Waals surface area contributed by atoms with Crippen LogP contribution >= 0.6 is 0 Å². The lowest BCUT2D eigenvalue weighted by Gasteiger charge is -2.06. The fourth-order valence-corrected chi connectivity index (χ4v) is 1.45. The summed E-state index contributed by atoms with van der Waals surface area (Å²) in [5, 5.41) is 5.12. The zero-order chi connectivity index (χ0) is 9.26. The Balaban J connectivity index is 2.87. The van der Waals surface area contributed by atoms with Gasteiger partial charge in [0.25, 0.3) is 0 Å². The molecule has 0 fully saturated rings. The molecule has 66 valence electrons. The number of nitrogens with zero attached hydrogens (tertiary/aromatic N) is 1. The van der Waals surface area contributed by atoms with Crippen LogP contribution in [-0.2, 0) is 0 Å². The van der Waals surface area contributed by atoms with Crippen LogP contribution in [0.2, 0.25) is 0 Å². The minimum Gasteiger partial charge on any atom is -0.398 e. The molecule has 0 atom stereocenters. The predicted molar refractivity (Wildman–Crippen MR) is 55.7 cm³/mol. The average Bonchev–Trinajstić information content (AvgIpc) is 2.17. The van der Waals surface area contributed by atoms with Crippen LogP contribution in [-0.4, -0.2) is 12.0 Å². The van der Waals surface area contributed by atoms with E-state index in [1.807, 2.05) is 31.3 Å². The van der Waals surface area contributed by atoms with Crippen LogP contribution in [0.4, 0.5) is 11.5 Å². The number of aromatic nitrogens is 1. The van der Waals surface area contributed by atoms with Gasteiger partial charge >= 0.3 is 0 Å². The van der Waals surface area contributed by atoms with E-state index in [0.717, 1.165) is 22.3 Å². The van der Waals surface area contributed by atoms with Gasteiger partial charge in [-0.1, -0.05) is 12.1 Å². The molecule has 0 saturated heterocycles. The predicted octanol–water partition coefficient (Wildman–Crippen LogP) is 1.86. The number of benzene rings is 1. The average molecular weight is 173 g/mol. The molecule has 0 amide bonds. The van der Waals surface area contributed by atoms with Crippen molar-refractivity contribution in [2.24, 2.45) is 0 Å². The van der Waals surface area contributed by atoms with E-state index in [9.17, 15) is 0 Å². The molecule has 1 heterocycles. The van der Waals surface area contributed by atoms with Crippen molar-refractivity contribution in [3.63, 3.8) is 0 Å². The molecule has 3 N–H and O–H groups in total. The molecule has 0 radical (unpaired) electrons. The van der Waals surface area contributed by atoms with Gasteiger partial charge in [0, 0.05) is 24.3 Å². The second kappa shape index (κ2) is 2.94. The van der Waals surface area contributed by atoms with Crippen molar-refractivity contribution in [1.82, 2.24) is 4.98 Å². The van der Waals surface area contributed by atoms with Crippen LogP contribution < -0.4 is 11.1 Å². The Morgan fingerprint density at radius 2 is 2.15 bits per heavy atom. The van der Waals surface area contributed by atoms with Gasteiger partial charge in [-0.2, -0.15) is 0 Å². The Bertz CT molecular complexity index is 432. The molecule has 0 spiro atoms. The number of nitrogen functional groups attached to an aromatic ring is 1. The van der Waals surface area contributed by atoms with Crippen LogP contribution in [0.15, 0.2) is 30.5 Å². The zero-order valence-electron chi connectivity index (χ0n) is 7.41. The van der Waals surface area contributed by atoms with E-state index in [4.69, 9.17) is 5.73 Å². The van der Waals surface area contributed by atoms with Gasteiger partial charge in [-0.05, 0) is 17.5 Å². The molecule has 2 rings (SSSR count). The molecule has 0 aliphatic rings. The van der Waals surface area contributed by atoms with Gasteiger partial charge < -0.3 is 11.1 Å². The molecular weight excluding hydrogens is 162 g/mol. The highest BCUT2D eigenvalue weighted by Gasteiger charge is 2.02. The fourth-order valence-electron chi connectivity index (χ4n) is 1.45. The summed E-state index contributed by atoms with van der Waals surface area (Å²) in [5.41, 5.74) is 6.61. The molecule has 3 heteroatoms. The largest absolute Gasteiger partial charge is 0.398 e. The molecular formula is C10H11N3. The van der Waals surface area contributed by atoms with Crippen molar-refractivity contribution in [1.29, 1.82) is 0 Å². The molecule has 0 saturated carbocycles. The van der Waals surface area contributed by atoms with E-state index < -0.39 is 0 Å². The topological polar surface area (TPSA) is 50.9 Å². The Kier molecular flexibility index (Phi) is 1.77. The summed E-state index contributed by atoms with van der Waals surface area (Å²) < 4.78 is 0. The number of hydrogen-bond donors (Lipinski definition) is 2. The third kappa shape index (κ3) is 1.18. The van der Waals surface area contributed by atoms with Crippen molar-refractivity contribution in [2.45, 2.75) is 0 Å². The first-order chi connectivity index (χ1) is 6.33. The number of hydrogen-bond acceptors (Lipinski definition) is 3. The maximum absolute atomic E-state index is 5.85. The number of nitrogens with one attached hydrogen (secondary N) is 1. The molecule has 3 nitrogen and oxygen atoms in total. The number of fused-ring (bicyclic) bond motifs is 1. The van der Waals surface area contributed by atoms with Crippen molar-refractivity contribution >= 4 is 22.3 Å². The number of rotatable bonds is 1. The van der Waals surface area contributed by atoms with Crippen molar-refractivity contribution in [3.8, 4) is 0 Å². The van der Waals surface area contributed by atoms with Crippen LogP contribution in [0.5, 0.6) is 0 Å². The highest BCUT2D eigenvalue weighted by Crippen LogP contribution is 2.25. The van der Waals surface area contributed by atoms with E-state index >= 15 is 0 Å². The van der Waals surface area contributed by atoms with Crippen molar-refractivity contribution in [2.75, 3.05) is 18.1 Å². The second-order valence-corrected chi connectivity index (χ2v) is 2.85. The van der Waals surface area contributed by atoms with Gasteiger partial charge in [0.1, 0.15) is 5.82 Å². The molecule has 1 aromatic heterocycles. The number of anilines is 2. The van der Waals surface area contributed by atoms with Gasteiger partial charge in [0.05, 0.1) is 0 Å². The van der Waals surface area contributed by atoms with Crippen molar-refractivity contribution in [3.05, 3.63) is 30.5 Å². The summed E-state index contributed by atoms with van der Waals surface area (Å²) in [4.78, 5) is 4.20. The summed E-state index contributed by atoms with van der Waals surface area (Å²) >= 11 is 0. The van der Waals surface area contributed by atoms with E-state index in [1.54, 1.807) is 6.20 Å². The first-order valence-electron chi connectivity index (χ1n) is 4.14. The fraction of sp³-hybridized carbons (Fsp3) is 0.100. The zero-order valence-corrected chi connectivity index (χ0v) is 7.41. The van der Waals surface area contributed by atoms with E-state index in [1.165, 1.54) is 0 Å². The Morgan fingerprint density at radius 1 is 1.31 bits per heavy atom. The Labute approximate surface area is 76.6 Å². The minimum absolute atomic E-state index is 0.759. The van der Waals surface area contributed by atoms with Gasteiger partial charge in [-0.15, -0.1) is 0 Å². The number of pyridine rings is 1. The van der Waals surface area contributed by atoms with E-state index in [-0.39, 0.29) is 0 Å². The molecule has 13 heavy (non-hydrogen) atoms. The van der Waals surface area contributed by atoms with E-state index in [0.29, 0.717) is 0 Å². The maximum Gasteiger partial charge on any atom is 0.135 e. The molecule has 0 bridgehead atoms. The summed E-state index contributed by atoms with van der Waals surface area (Å²) in [6.07, 6.45) is 1.77. The van der Waals surface area contributed by atoms with Crippen molar-refractivity contribution < 1.29 is 0 Å². The summed E-state index contributed by atoms with van der Waals surface area (Å²) in [6.45, 7) is 0. The summed E-state index contributed by atoms with van der Waals surface area (Å²) in [6, 6.07) is 7.79. The van der Waals surface area contributed by atoms with Crippen LogP contribution in [0.25, 0.3) is 10.8 Å². The Morgan fingerprint density at radius 3 is 2.92 bits per heavy atom. The third-order valence-electron chi connectivity index (χ3n) is 2.06. The van der Waals surface area contributed by atoms with Gasteiger partial charge in [-0.25, -0.2) is 4.98 Å². The smallest absolute Gasteiger partial charge is 0.135 e. The van der Waals surface area contributed by atoms with Gasteiger partial charge in [-0.3, -0.25) is 0 Å². The lowest BCUT2D eigenvalue weighted by atomic mass is 10.1. The summed E-state index contributed by atoms with van der Waals surface area (Å²) in [5.74, 6) is 0.829. The lowest BCUT2D eigenvalue weighted by Crippen LogP contribution is -1.95. The SMILES string of the molecule is CNc1nccc2cccc(N)c12. The maximum atomic E-state index is 5.85. The second-order valence-electron chi connectivity index (χ2n) is 2.85. The molecule has 0 aliphatic heterocycles. The summed E-state index contributed by atoms with van der Waals surface area (Å²) in [7, 11) is 1.84. The van der Waals surface area contributed by atoms with Gasteiger partial charge in [0.15, 0.2) is 0 Å². The highest BCUT2D eigenvalue weighted by molar-refractivity contribution is 6.00. The number of nitrogens with two attached hydrogens (primary N) is 1. The minimum atomic E-state index is 0.759. The molecule has 0 unspecified atom stereocenters. The highest BCUT2D eigenvalue weighted by atomic mass is 15.0. The van der Waals surface area contributed by atoms with Crippen LogP contribution in [0, 0.1) is 0 Å². The third-order valence-corrected chi connectivity index (χ3v) is 2.06. The Hall–Kier alpha value is -1.77. The standard InChI is InChI=1S/C10H11N3/c1-12-10-9-7(5-6-13-10)3-2-4-8(9)11/h2-6H,11H2,1H3,(H,12,13). The normalized spacial score (nSPS) is 10.2. The first kappa shape index (κ1) is 7.86. The monoisotopic (exact) mass is 173 g/mol. The molecule has 2 aromatic rings. The van der Waals surface area contributed by atoms with Gasteiger partial charge in [0.2, 0.25) is 0 Å².